The number of nitrogens with zero attached hydrogens (tertiary/aromatic N) is 3. The first-order chi connectivity index (χ1) is 8.50. The molecule has 0 aromatic carbocycles. The molecule has 0 saturated heterocycles. The van der Waals surface area contributed by atoms with Crippen LogP contribution in [-0.2, 0) is 5.41 Å². The van der Waals surface area contributed by atoms with Gasteiger partial charge in [0.1, 0.15) is 5.82 Å². The smallest absolute Gasteiger partial charge is 0.200 e. The molecule has 0 aliphatic heterocycles. The third-order valence-corrected chi connectivity index (χ3v) is 5.80. The molecule has 6 heteroatoms. The number of rotatable bonds is 3. The Hall–Kier alpha value is -0.200. The topological polar surface area (TPSA) is 30.7 Å². The number of aromatic nitrogens is 3. The van der Waals surface area contributed by atoms with Crippen LogP contribution in [0.15, 0.2) is 20.7 Å². The molecular weight excluding hydrogens is 378 g/mol. The lowest BCUT2D eigenvalue weighted by atomic mass is 9.90. The molecule has 2 heterocycles. The van der Waals surface area contributed by atoms with Crippen LogP contribution in [0.25, 0.3) is 0 Å². The van der Waals surface area contributed by atoms with Gasteiger partial charge in [0.05, 0.1) is 9.20 Å². The van der Waals surface area contributed by atoms with Gasteiger partial charge >= 0.3 is 0 Å². The minimum absolute atomic E-state index is 0.113. The average Bonchev–Trinajstić information content (AvgIpc) is 2.92. The summed E-state index contributed by atoms with van der Waals surface area (Å²) in [4.78, 5) is 1.30. The maximum absolute atomic E-state index is 4.39. The van der Waals surface area contributed by atoms with Crippen LogP contribution < -0.4 is 0 Å². The second kappa shape index (κ2) is 4.42. The van der Waals surface area contributed by atoms with Crippen molar-refractivity contribution < 1.29 is 0 Å². The Morgan fingerprint density at radius 1 is 1.28 bits per heavy atom. The van der Waals surface area contributed by atoms with Gasteiger partial charge < -0.3 is 4.57 Å². The maximum Gasteiger partial charge on any atom is 0.200 e. The molecule has 2 aromatic heterocycles. The van der Waals surface area contributed by atoms with Gasteiger partial charge in [-0.1, -0.05) is 0 Å². The molecule has 18 heavy (non-hydrogen) atoms. The summed E-state index contributed by atoms with van der Waals surface area (Å²) in [5, 5.41) is 8.59. The molecule has 1 aliphatic rings. The van der Waals surface area contributed by atoms with Crippen molar-refractivity contribution in [1.29, 1.82) is 0 Å². The molecule has 1 aliphatic carbocycles. The summed E-state index contributed by atoms with van der Waals surface area (Å²) in [6, 6.07) is 4.83. The molecule has 0 atom stereocenters. The standard InChI is InChI=1S/C12H13Br2N3S/c1-12(2,8-5-6-9(13)18-8)10-15-16-11(14)17(10)7-3-4-7/h5-7H,3-4H2,1-2H3. The van der Waals surface area contributed by atoms with Crippen LogP contribution in [0.1, 0.15) is 43.4 Å². The highest BCUT2D eigenvalue weighted by Gasteiger charge is 2.36. The molecule has 0 spiro atoms. The molecule has 0 unspecified atom stereocenters. The van der Waals surface area contributed by atoms with Crippen LogP contribution in [-0.4, -0.2) is 14.8 Å². The fourth-order valence-corrected chi connectivity index (χ4v) is 4.14. The minimum Gasteiger partial charge on any atom is -0.302 e. The molecule has 1 saturated carbocycles. The Kier molecular flexibility index (Phi) is 3.15. The summed E-state index contributed by atoms with van der Waals surface area (Å²) in [7, 11) is 0. The van der Waals surface area contributed by atoms with E-state index in [1.165, 1.54) is 17.7 Å². The highest BCUT2D eigenvalue weighted by molar-refractivity contribution is 9.11. The fourth-order valence-electron chi connectivity index (χ4n) is 2.12. The van der Waals surface area contributed by atoms with Gasteiger partial charge in [0.2, 0.25) is 0 Å². The lowest BCUT2D eigenvalue weighted by Gasteiger charge is -2.23. The van der Waals surface area contributed by atoms with Crippen molar-refractivity contribution in [3.05, 3.63) is 31.4 Å². The molecule has 3 rings (SSSR count). The Balaban J connectivity index is 2.08. The van der Waals surface area contributed by atoms with Gasteiger partial charge in [-0.3, -0.25) is 0 Å². The van der Waals surface area contributed by atoms with Crippen molar-refractivity contribution in [2.45, 2.75) is 38.1 Å². The summed E-state index contributed by atoms with van der Waals surface area (Å²) in [6.45, 7) is 4.42. The van der Waals surface area contributed by atoms with Gasteiger partial charge in [-0.25, -0.2) is 0 Å². The number of thiophene rings is 1. The predicted molar refractivity (Wildman–Crippen MR) is 80.1 cm³/mol. The Morgan fingerprint density at radius 2 is 2.00 bits per heavy atom. The number of hydrogen-bond acceptors (Lipinski definition) is 3. The van der Waals surface area contributed by atoms with Crippen LogP contribution >= 0.6 is 43.2 Å². The number of hydrogen-bond donors (Lipinski definition) is 0. The zero-order valence-electron chi connectivity index (χ0n) is 10.2. The van der Waals surface area contributed by atoms with Gasteiger partial charge in [-0.2, -0.15) is 0 Å². The Labute approximate surface area is 127 Å². The van der Waals surface area contributed by atoms with Gasteiger partial charge in [0.15, 0.2) is 4.73 Å². The van der Waals surface area contributed by atoms with Crippen molar-refractivity contribution in [1.82, 2.24) is 14.8 Å². The van der Waals surface area contributed by atoms with Gasteiger partial charge in [-0.15, -0.1) is 21.5 Å². The molecule has 0 N–H and O–H groups in total. The zero-order chi connectivity index (χ0) is 12.9. The van der Waals surface area contributed by atoms with E-state index in [-0.39, 0.29) is 5.41 Å². The van der Waals surface area contributed by atoms with Crippen LogP contribution in [0.5, 0.6) is 0 Å². The molecule has 2 aromatic rings. The normalized spacial score (nSPS) is 16.2. The predicted octanol–water partition coefficient (Wildman–Crippen LogP) is 4.53. The van der Waals surface area contributed by atoms with Gasteiger partial charge in [0.25, 0.3) is 0 Å². The summed E-state index contributed by atoms with van der Waals surface area (Å²) in [6.07, 6.45) is 2.46. The van der Waals surface area contributed by atoms with E-state index in [1.54, 1.807) is 11.3 Å². The molecular formula is C12H13Br2N3S. The highest BCUT2D eigenvalue weighted by Crippen LogP contribution is 2.43. The van der Waals surface area contributed by atoms with E-state index >= 15 is 0 Å². The zero-order valence-corrected chi connectivity index (χ0v) is 14.1. The third-order valence-electron chi connectivity index (χ3n) is 3.31. The van der Waals surface area contributed by atoms with Crippen molar-refractivity contribution in [2.75, 3.05) is 0 Å². The van der Waals surface area contributed by atoms with E-state index < -0.39 is 0 Å². The molecule has 0 bridgehead atoms. The summed E-state index contributed by atoms with van der Waals surface area (Å²) in [5.41, 5.74) is -0.113. The highest BCUT2D eigenvalue weighted by atomic mass is 79.9. The van der Waals surface area contributed by atoms with E-state index in [2.05, 4.69) is 72.6 Å². The summed E-state index contributed by atoms with van der Waals surface area (Å²) >= 11 is 8.80. The Bertz CT molecular complexity index is 584. The van der Waals surface area contributed by atoms with E-state index in [0.717, 1.165) is 14.3 Å². The quantitative estimate of drug-likeness (QED) is 0.770. The second-order valence-electron chi connectivity index (χ2n) is 5.12. The Morgan fingerprint density at radius 3 is 2.56 bits per heavy atom. The van der Waals surface area contributed by atoms with Crippen molar-refractivity contribution in [3.63, 3.8) is 0 Å². The second-order valence-corrected chi connectivity index (χ2v) is 8.29. The van der Waals surface area contributed by atoms with E-state index in [1.807, 2.05) is 0 Å². The van der Waals surface area contributed by atoms with Crippen molar-refractivity contribution in [3.8, 4) is 0 Å². The van der Waals surface area contributed by atoms with Crippen LogP contribution in [0.2, 0.25) is 0 Å². The molecule has 1 fully saturated rings. The fraction of sp³-hybridized carbons (Fsp3) is 0.500. The van der Waals surface area contributed by atoms with Crippen LogP contribution in [0.4, 0.5) is 0 Å². The summed E-state index contributed by atoms with van der Waals surface area (Å²) in [5.74, 6) is 1.05. The minimum atomic E-state index is -0.113. The molecule has 0 amide bonds. The van der Waals surface area contributed by atoms with Crippen molar-refractivity contribution in [2.24, 2.45) is 0 Å². The lowest BCUT2D eigenvalue weighted by Crippen LogP contribution is -2.23. The summed E-state index contributed by atoms with van der Waals surface area (Å²) < 4.78 is 4.25. The first-order valence-corrected chi connectivity index (χ1v) is 8.27. The van der Waals surface area contributed by atoms with Crippen LogP contribution in [0.3, 0.4) is 0 Å². The third kappa shape index (κ3) is 2.08. The first-order valence-electron chi connectivity index (χ1n) is 5.87. The van der Waals surface area contributed by atoms with Gasteiger partial charge in [0, 0.05) is 10.9 Å². The monoisotopic (exact) mass is 389 g/mol. The average molecular weight is 391 g/mol. The number of halogens is 2. The van der Waals surface area contributed by atoms with Crippen molar-refractivity contribution >= 4 is 43.2 Å². The molecule has 3 nitrogen and oxygen atoms in total. The largest absolute Gasteiger partial charge is 0.302 e. The van der Waals surface area contributed by atoms with E-state index in [9.17, 15) is 0 Å². The first kappa shape index (κ1) is 12.8. The maximum atomic E-state index is 4.39. The van der Waals surface area contributed by atoms with E-state index in [4.69, 9.17) is 0 Å². The SMILES string of the molecule is CC(C)(c1ccc(Br)s1)c1nnc(Br)n1C1CC1. The lowest BCUT2D eigenvalue weighted by molar-refractivity contribution is 0.539. The molecule has 0 radical (unpaired) electrons. The van der Waals surface area contributed by atoms with Gasteiger partial charge in [-0.05, 0) is 70.7 Å². The van der Waals surface area contributed by atoms with E-state index in [0.29, 0.717) is 6.04 Å². The molecule has 96 valence electrons. The van der Waals surface area contributed by atoms with Crippen LogP contribution in [0, 0.1) is 0 Å².